The van der Waals surface area contributed by atoms with E-state index in [1.807, 2.05) is 6.07 Å². The van der Waals surface area contributed by atoms with Gasteiger partial charge in [-0.3, -0.25) is 4.90 Å². The minimum Gasteiger partial charge on any atom is -0.396 e. The molecule has 1 atom stereocenters. The van der Waals surface area contributed by atoms with Gasteiger partial charge in [0.1, 0.15) is 0 Å². The Morgan fingerprint density at radius 3 is 2.29 bits per heavy atom. The summed E-state index contributed by atoms with van der Waals surface area (Å²) >= 11 is 0. The monoisotopic (exact) mass is 235 g/mol. The van der Waals surface area contributed by atoms with E-state index in [9.17, 15) is 5.11 Å². The fraction of sp³-hybridized carbons (Fsp3) is 0.600. The topological polar surface area (TPSA) is 23.5 Å². The molecule has 0 bridgehead atoms. The van der Waals surface area contributed by atoms with Crippen LogP contribution in [0.4, 0.5) is 0 Å². The molecule has 0 amide bonds. The second-order valence-electron chi connectivity index (χ2n) is 5.11. The third kappa shape index (κ3) is 4.49. The number of hydrogen-bond acceptors (Lipinski definition) is 2. The Morgan fingerprint density at radius 1 is 1.18 bits per heavy atom. The second-order valence-corrected chi connectivity index (χ2v) is 5.11. The Bertz CT molecular complexity index is 306. The lowest BCUT2D eigenvalue weighted by Crippen LogP contribution is -2.37. The van der Waals surface area contributed by atoms with Crippen LogP contribution in [0.1, 0.15) is 32.8 Å². The van der Waals surface area contributed by atoms with Crippen LogP contribution in [0.3, 0.4) is 0 Å². The zero-order valence-corrected chi connectivity index (χ0v) is 11.3. The van der Waals surface area contributed by atoms with Crippen molar-refractivity contribution in [1.29, 1.82) is 0 Å². The molecule has 0 heterocycles. The Morgan fingerprint density at radius 2 is 1.82 bits per heavy atom. The number of benzene rings is 1. The highest BCUT2D eigenvalue weighted by molar-refractivity contribution is 5.14. The van der Waals surface area contributed by atoms with Crippen molar-refractivity contribution >= 4 is 0 Å². The lowest BCUT2D eigenvalue weighted by Gasteiger charge is -2.33. The molecule has 2 nitrogen and oxygen atoms in total. The van der Waals surface area contributed by atoms with Crippen molar-refractivity contribution in [2.24, 2.45) is 5.41 Å². The van der Waals surface area contributed by atoms with E-state index in [1.54, 1.807) is 0 Å². The summed E-state index contributed by atoms with van der Waals surface area (Å²) < 4.78 is 0. The lowest BCUT2D eigenvalue weighted by atomic mass is 9.88. The van der Waals surface area contributed by atoms with Crippen LogP contribution in [0.2, 0.25) is 0 Å². The summed E-state index contributed by atoms with van der Waals surface area (Å²) in [5, 5.41) is 9.47. The number of hydrogen-bond donors (Lipinski definition) is 1. The van der Waals surface area contributed by atoms with Crippen LogP contribution >= 0.6 is 0 Å². The van der Waals surface area contributed by atoms with E-state index in [0.717, 1.165) is 26.1 Å². The van der Waals surface area contributed by atoms with Crippen LogP contribution in [0, 0.1) is 5.41 Å². The molecule has 1 rings (SSSR count). The molecule has 0 aliphatic carbocycles. The van der Waals surface area contributed by atoms with Crippen molar-refractivity contribution in [3.05, 3.63) is 35.9 Å². The van der Waals surface area contributed by atoms with Crippen LogP contribution in [0.5, 0.6) is 0 Å². The van der Waals surface area contributed by atoms with Gasteiger partial charge in [0.2, 0.25) is 0 Å². The average molecular weight is 235 g/mol. The van der Waals surface area contributed by atoms with Crippen LogP contribution in [-0.4, -0.2) is 29.7 Å². The third-order valence-corrected chi connectivity index (χ3v) is 3.54. The predicted molar refractivity (Wildman–Crippen MR) is 72.9 cm³/mol. The number of aliphatic hydroxyl groups is 1. The summed E-state index contributed by atoms with van der Waals surface area (Å²) in [5.41, 5.74) is 1.36. The van der Waals surface area contributed by atoms with Crippen molar-refractivity contribution in [2.75, 3.05) is 19.7 Å². The first kappa shape index (κ1) is 14.2. The van der Waals surface area contributed by atoms with E-state index >= 15 is 0 Å². The minimum atomic E-state index is 0.0186. The molecule has 2 heteroatoms. The minimum absolute atomic E-state index is 0.0186. The van der Waals surface area contributed by atoms with Gasteiger partial charge in [-0.15, -0.1) is 0 Å². The molecule has 1 aromatic carbocycles. The largest absolute Gasteiger partial charge is 0.396 e. The molecule has 0 saturated carbocycles. The molecule has 0 radical (unpaired) electrons. The van der Waals surface area contributed by atoms with Crippen molar-refractivity contribution in [3.63, 3.8) is 0 Å². The lowest BCUT2D eigenvalue weighted by molar-refractivity contribution is 0.0836. The van der Waals surface area contributed by atoms with Crippen molar-refractivity contribution in [1.82, 2.24) is 4.90 Å². The van der Waals surface area contributed by atoms with E-state index < -0.39 is 0 Å². The summed E-state index contributed by atoms with van der Waals surface area (Å²) in [5.74, 6) is 0. The van der Waals surface area contributed by atoms with Crippen LogP contribution in [-0.2, 0) is 6.54 Å². The highest BCUT2D eigenvalue weighted by Gasteiger charge is 2.23. The van der Waals surface area contributed by atoms with E-state index in [4.69, 9.17) is 0 Å². The van der Waals surface area contributed by atoms with Gasteiger partial charge >= 0.3 is 0 Å². The van der Waals surface area contributed by atoms with Gasteiger partial charge in [0.25, 0.3) is 0 Å². The van der Waals surface area contributed by atoms with Gasteiger partial charge in [-0.2, -0.15) is 0 Å². The number of aliphatic hydroxyl groups excluding tert-OH is 1. The fourth-order valence-electron chi connectivity index (χ4n) is 1.93. The molecule has 0 aliphatic rings. The first-order valence-electron chi connectivity index (χ1n) is 6.50. The van der Waals surface area contributed by atoms with Crippen molar-refractivity contribution in [2.45, 2.75) is 33.7 Å². The Balaban J connectivity index is 2.60. The van der Waals surface area contributed by atoms with Crippen LogP contribution in [0.25, 0.3) is 0 Å². The maximum atomic E-state index is 9.47. The maximum Gasteiger partial charge on any atom is 0.0496 e. The summed E-state index contributed by atoms with van der Waals surface area (Å²) in [6.07, 6.45) is 1.01. The predicted octanol–water partition coefficient (Wildman–Crippen LogP) is 2.92. The second kappa shape index (κ2) is 6.77. The molecule has 17 heavy (non-hydrogen) atoms. The van der Waals surface area contributed by atoms with Crippen LogP contribution in [0.15, 0.2) is 30.3 Å². The Kier molecular flexibility index (Phi) is 5.66. The highest BCUT2D eigenvalue weighted by atomic mass is 16.3. The molecule has 1 aromatic rings. The normalized spacial score (nSPS) is 14.9. The quantitative estimate of drug-likeness (QED) is 0.785. The van der Waals surface area contributed by atoms with Gasteiger partial charge in [-0.1, -0.05) is 51.1 Å². The SMILES string of the molecule is CCN(Cc1ccccc1)CC(C)(CC)CO. The molecule has 96 valence electrons. The number of rotatable bonds is 7. The first-order valence-corrected chi connectivity index (χ1v) is 6.50. The molecule has 1 N–H and O–H groups in total. The van der Waals surface area contributed by atoms with Gasteiger partial charge in [0.15, 0.2) is 0 Å². The van der Waals surface area contributed by atoms with E-state index in [-0.39, 0.29) is 12.0 Å². The van der Waals surface area contributed by atoms with Crippen LogP contribution < -0.4 is 0 Å². The van der Waals surface area contributed by atoms with E-state index in [2.05, 4.69) is 49.9 Å². The summed E-state index contributed by atoms with van der Waals surface area (Å²) in [6, 6.07) is 10.5. The zero-order valence-electron chi connectivity index (χ0n) is 11.3. The van der Waals surface area contributed by atoms with Gasteiger partial charge < -0.3 is 5.11 Å². The average Bonchev–Trinajstić information content (AvgIpc) is 2.39. The highest BCUT2D eigenvalue weighted by Crippen LogP contribution is 2.22. The van der Waals surface area contributed by atoms with Gasteiger partial charge in [0.05, 0.1) is 0 Å². The molecule has 0 aliphatic heterocycles. The van der Waals surface area contributed by atoms with E-state index in [0.29, 0.717) is 0 Å². The molecular weight excluding hydrogens is 210 g/mol. The summed E-state index contributed by atoms with van der Waals surface area (Å²) in [6.45, 7) is 9.67. The zero-order chi connectivity index (χ0) is 12.7. The fourth-order valence-corrected chi connectivity index (χ4v) is 1.93. The molecule has 0 saturated heterocycles. The molecule has 0 aromatic heterocycles. The van der Waals surface area contributed by atoms with E-state index in [1.165, 1.54) is 5.56 Å². The maximum absolute atomic E-state index is 9.47. The van der Waals surface area contributed by atoms with Crippen molar-refractivity contribution < 1.29 is 5.11 Å². The Hall–Kier alpha value is -0.860. The smallest absolute Gasteiger partial charge is 0.0496 e. The van der Waals surface area contributed by atoms with Gasteiger partial charge in [0, 0.05) is 25.1 Å². The summed E-state index contributed by atoms with van der Waals surface area (Å²) in [4.78, 5) is 2.40. The number of nitrogens with zero attached hydrogens (tertiary/aromatic N) is 1. The summed E-state index contributed by atoms with van der Waals surface area (Å²) in [7, 11) is 0. The van der Waals surface area contributed by atoms with Gasteiger partial charge in [-0.05, 0) is 18.5 Å². The van der Waals surface area contributed by atoms with Crippen molar-refractivity contribution in [3.8, 4) is 0 Å². The molecular formula is C15H25NO. The first-order chi connectivity index (χ1) is 8.13. The van der Waals surface area contributed by atoms with Gasteiger partial charge in [-0.25, -0.2) is 0 Å². The standard InChI is InChI=1S/C15H25NO/c1-4-15(3,13-17)12-16(5-2)11-14-9-7-6-8-10-14/h6-10,17H,4-5,11-13H2,1-3H3. The Labute approximate surface area is 105 Å². The molecule has 0 fully saturated rings. The third-order valence-electron chi connectivity index (χ3n) is 3.54. The molecule has 1 unspecified atom stereocenters. The molecule has 0 spiro atoms.